The number of alkyl halides is 3. The highest BCUT2D eigenvalue weighted by Crippen LogP contribution is 2.30. The van der Waals surface area contributed by atoms with Crippen molar-refractivity contribution in [3.63, 3.8) is 0 Å². The molecular formula is C19H27F3N2O. The number of piperidine rings is 1. The molecule has 1 aromatic carbocycles. The molecular weight excluding hydrogens is 329 g/mol. The predicted molar refractivity (Wildman–Crippen MR) is 92.4 cm³/mol. The summed E-state index contributed by atoms with van der Waals surface area (Å²) in [4.78, 5) is 14.5. The van der Waals surface area contributed by atoms with Gasteiger partial charge in [-0.3, -0.25) is 9.69 Å². The van der Waals surface area contributed by atoms with Gasteiger partial charge in [0.15, 0.2) is 0 Å². The smallest absolute Gasteiger partial charge is 0.355 e. The first-order valence-corrected chi connectivity index (χ1v) is 8.95. The minimum absolute atomic E-state index is 0.0583. The number of rotatable bonds is 6. The molecule has 25 heavy (non-hydrogen) atoms. The van der Waals surface area contributed by atoms with Crippen molar-refractivity contribution in [1.29, 1.82) is 0 Å². The zero-order valence-corrected chi connectivity index (χ0v) is 14.9. The second kappa shape index (κ2) is 8.70. The van der Waals surface area contributed by atoms with Gasteiger partial charge in [-0.15, -0.1) is 0 Å². The summed E-state index contributed by atoms with van der Waals surface area (Å²) in [6, 6.07) is 5.62. The minimum Gasteiger partial charge on any atom is -0.355 e. The van der Waals surface area contributed by atoms with Crippen LogP contribution in [-0.4, -0.2) is 36.5 Å². The van der Waals surface area contributed by atoms with Crippen molar-refractivity contribution in [1.82, 2.24) is 10.2 Å². The number of benzene rings is 1. The zero-order chi connectivity index (χ0) is 18.4. The van der Waals surface area contributed by atoms with E-state index in [9.17, 15) is 18.0 Å². The fourth-order valence-electron chi connectivity index (χ4n) is 3.30. The minimum atomic E-state index is -4.33. The third-order valence-corrected chi connectivity index (χ3v) is 4.96. The topological polar surface area (TPSA) is 32.3 Å². The molecule has 3 nitrogen and oxygen atoms in total. The standard InChI is InChI=1S/C19H27F3N2O/c1-14(16-6-8-17(9-7-16)19(20,21)22)13-18(25)23-10-12-24-11-4-3-5-15(24)2/h6-9,14-15H,3-5,10-13H2,1-2H3,(H,23,25). The lowest BCUT2D eigenvalue weighted by Crippen LogP contribution is -2.42. The molecule has 1 N–H and O–H groups in total. The molecule has 1 aliphatic rings. The molecule has 1 aromatic rings. The van der Waals surface area contributed by atoms with Crippen molar-refractivity contribution in [2.45, 2.75) is 57.7 Å². The van der Waals surface area contributed by atoms with Crippen LogP contribution in [0.5, 0.6) is 0 Å². The zero-order valence-electron chi connectivity index (χ0n) is 14.9. The van der Waals surface area contributed by atoms with Crippen molar-refractivity contribution in [2.75, 3.05) is 19.6 Å². The maximum Gasteiger partial charge on any atom is 0.416 e. The number of carbonyl (C=O) groups excluding carboxylic acids is 1. The summed E-state index contributed by atoms with van der Waals surface area (Å²) >= 11 is 0. The van der Waals surface area contributed by atoms with E-state index < -0.39 is 11.7 Å². The molecule has 0 aliphatic carbocycles. The summed E-state index contributed by atoms with van der Waals surface area (Å²) in [5.41, 5.74) is 0.0800. The SMILES string of the molecule is CC(CC(=O)NCCN1CCCCC1C)c1ccc(C(F)(F)F)cc1. The van der Waals surface area contributed by atoms with Crippen LogP contribution in [0.4, 0.5) is 13.2 Å². The van der Waals surface area contributed by atoms with Gasteiger partial charge in [0.2, 0.25) is 5.91 Å². The summed E-state index contributed by atoms with van der Waals surface area (Å²) in [7, 11) is 0. The van der Waals surface area contributed by atoms with Gasteiger partial charge in [0, 0.05) is 25.6 Å². The van der Waals surface area contributed by atoms with Crippen molar-refractivity contribution >= 4 is 5.91 Å². The van der Waals surface area contributed by atoms with Crippen molar-refractivity contribution in [3.8, 4) is 0 Å². The highest BCUT2D eigenvalue weighted by atomic mass is 19.4. The number of hydrogen-bond acceptors (Lipinski definition) is 2. The lowest BCUT2D eigenvalue weighted by atomic mass is 9.96. The van der Waals surface area contributed by atoms with Crippen molar-refractivity contribution in [3.05, 3.63) is 35.4 Å². The van der Waals surface area contributed by atoms with Gasteiger partial charge in [-0.2, -0.15) is 13.2 Å². The maximum atomic E-state index is 12.6. The second-order valence-corrected chi connectivity index (χ2v) is 6.96. The van der Waals surface area contributed by atoms with Crippen LogP contribution < -0.4 is 5.32 Å². The third kappa shape index (κ3) is 6.03. The van der Waals surface area contributed by atoms with E-state index in [4.69, 9.17) is 0 Å². The van der Waals surface area contributed by atoms with Crippen LogP contribution in [-0.2, 0) is 11.0 Å². The average Bonchev–Trinajstić information content (AvgIpc) is 2.56. The Balaban J connectivity index is 1.76. The van der Waals surface area contributed by atoms with E-state index in [0.29, 0.717) is 12.6 Å². The molecule has 1 aliphatic heterocycles. The Morgan fingerprint density at radius 3 is 2.56 bits per heavy atom. The number of nitrogens with zero attached hydrogens (tertiary/aromatic N) is 1. The number of amides is 1. The second-order valence-electron chi connectivity index (χ2n) is 6.96. The molecule has 2 unspecified atom stereocenters. The van der Waals surface area contributed by atoms with Crippen LogP contribution in [0, 0.1) is 0 Å². The van der Waals surface area contributed by atoms with Crippen LogP contribution in [0.25, 0.3) is 0 Å². The van der Waals surface area contributed by atoms with E-state index in [0.717, 1.165) is 30.8 Å². The summed E-state index contributed by atoms with van der Waals surface area (Å²) < 4.78 is 37.7. The molecule has 6 heteroatoms. The Hall–Kier alpha value is -1.56. The average molecular weight is 356 g/mol. The molecule has 2 rings (SSSR count). The first-order chi connectivity index (χ1) is 11.8. The Bertz CT molecular complexity index is 557. The molecule has 0 bridgehead atoms. The Morgan fingerprint density at radius 1 is 1.28 bits per heavy atom. The van der Waals surface area contributed by atoms with E-state index in [-0.39, 0.29) is 18.2 Å². The summed E-state index contributed by atoms with van der Waals surface area (Å²) in [6.45, 7) is 6.62. The number of halogens is 3. The van der Waals surface area contributed by atoms with E-state index >= 15 is 0 Å². The molecule has 0 saturated carbocycles. The number of likely N-dealkylation sites (tertiary alicyclic amines) is 1. The Morgan fingerprint density at radius 2 is 1.96 bits per heavy atom. The van der Waals surface area contributed by atoms with Gasteiger partial charge < -0.3 is 5.32 Å². The molecule has 0 radical (unpaired) electrons. The van der Waals surface area contributed by atoms with E-state index in [2.05, 4.69) is 17.1 Å². The third-order valence-electron chi connectivity index (χ3n) is 4.96. The van der Waals surface area contributed by atoms with Gasteiger partial charge in [0.05, 0.1) is 5.56 Å². The van der Waals surface area contributed by atoms with Crippen LogP contribution in [0.15, 0.2) is 24.3 Å². The van der Waals surface area contributed by atoms with Gasteiger partial charge in [-0.05, 0) is 49.9 Å². The molecule has 0 spiro atoms. The summed E-state index contributed by atoms with van der Waals surface area (Å²) in [6.07, 6.45) is -0.359. The van der Waals surface area contributed by atoms with Crippen LogP contribution in [0.3, 0.4) is 0 Å². The molecule has 140 valence electrons. The Kier molecular flexibility index (Phi) is 6.87. The van der Waals surface area contributed by atoms with Gasteiger partial charge in [0.25, 0.3) is 0 Å². The summed E-state index contributed by atoms with van der Waals surface area (Å²) in [5, 5.41) is 2.93. The van der Waals surface area contributed by atoms with Gasteiger partial charge >= 0.3 is 6.18 Å². The van der Waals surface area contributed by atoms with Crippen molar-refractivity contribution in [2.24, 2.45) is 0 Å². The molecule has 1 saturated heterocycles. The Labute approximate surface area is 147 Å². The molecule has 1 fully saturated rings. The maximum absolute atomic E-state index is 12.6. The van der Waals surface area contributed by atoms with Crippen LogP contribution in [0.1, 0.15) is 56.6 Å². The first-order valence-electron chi connectivity index (χ1n) is 8.95. The fourth-order valence-corrected chi connectivity index (χ4v) is 3.30. The summed E-state index contributed by atoms with van der Waals surface area (Å²) in [5.74, 6) is -0.173. The number of hydrogen-bond donors (Lipinski definition) is 1. The monoisotopic (exact) mass is 356 g/mol. The molecule has 1 heterocycles. The molecule has 2 atom stereocenters. The van der Waals surface area contributed by atoms with Crippen LogP contribution in [0.2, 0.25) is 0 Å². The first kappa shape index (κ1) is 19.8. The highest BCUT2D eigenvalue weighted by molar-refractivity contribution is 5.76. The lowest BCUT2D eigenvalue weighted by molar-refractivity contribution is -0.137. The van der Waals surface area contributed by atoms with Gasteiger partial charge in [-0.25, -0.2) is 0 Å². The highest BCUT2D eigenvalue weighted by Gasteiger charge is 2.30. The molecule has 1 amide bonds. The van der Waals surface area contributed by atoms with E-state index in [1.54, 1.807) is 0 Å². The quantitative estimate of drug-likeness (QED) is 0.829. The predicted octanol–water partition coefficient (Wildman–Crippen LogP) is 4.19. The largest absolute Gasteiger partial charge is 0.416 e. The van der Waals surface area contributed by atoms with Crippen LogP contribution >= 0.6 is 0 Å². The molecule has 0 aromatic heterocycles. The van der Waals surface area contributed by atoms with Crippen molar-refractivity contribution < 1.29 is 18.0 Å². The van der Waals surface area contributed by atoms with E-state index in [1.807, 2.05) is 6.92 Å². The normalized spacial score (nSPS) is 20.3. The van der Waals surface area contributed by atoms with Gasteiger partial charge in [-0.1, -0.05) is 25.5 Å². The van der Waals surface area contributed by atoms with E-state index in [1.165, 1.54) is 31.4 Å². The number of nitrogens with one attached hydrogen (secondary N) is 1. The fraction of sp³-hybridized carbons (Fsp3) is 0.632. The lowest BCUT2D eigenvalue weighted by Gasteiger charge is -2.33. The number of carbonyl (C=O) groups is 1. The van der Waals surface area contributed by atoms with Gasteiger partial charge in [0.1, 0.15) is 0 Å².